The summed E-state index contributed by atoms with van der Waals surface area (Å²) in [7, 11) is 0. The normalized spacial score (nSPS) is 17.9. The van der Waals surface area contributed by atoms with Crippen LogP contribution in [-0.4, -0.2) is 39.1 Å². The van der Waals surface area contributed by atoms with Gasteiger partial charge in [0.1, 0.15) is 5.82 Å². The lowest BCUT2D eigenvalue weighted by molar-refractivity contribution is 0.190. The lowest BCUT2D eigenvalue weighted by atomic mass is 9.93. The smallest absolute Gasteiger partial charge is 0.165 e. The Morgan fingerprint density at radius 3 is 2.80 bits per heavy atom. The van der Waals surface area contributed by atoms with Crippen LogP contribution in [0.25, 0.3) is 5.65 Å². The molecule has 2 aromatic heterocycles. The van der Waals surface area contributed by atoms with Gasteiger partial charge in [0, 0.05) is 24.7 Å². The summed E-state index contributed by atoms with van der Waals surface area (Å²) < 4.78 is 2.11. The fraction of sp³-hybridized carbons (Fsp3) is 0.600. The van der Waals surface area contributed by atoms with Crippen molar-refractivity contribution in [3.8, 4) is 0 Å². The Morgan fingerprint density at radius 2 is 2.10 bits per heavy atom. The van der Waals surface area contributed by atoms with Crippen molar-refractivity contribution >= 4 is 5.65 Å². The van der Waals surface area contributed by atoms with Crippen molar-refractivity contribution in [2.75, 3.05) is 19.6 Å². The topological polar surface area (TPSA) is 59.5 Å². The molecule has 1 fully saturated rings. The molecule has 1 saturated heterocycles. The number of nitrogens with zero attached hydrogens (tertiary/aromatic N) is 4. The van der Waals surface area contributed by atoms with Gasteiger partial charge in [-0.25, -0.2) is 0 Å². The molecule has 0 bridgehead atoms. The predicted octanol–water partition coefficient (Wildman–Crippen LogP) is 1.46. The van der Waals surface area contributed by atoms with E-state index in [4.69, 9.17) is 5.73 Å². The second-order valence-electron chi connectivity index (χ2n) is 5.63. The Morgan fingerprint density at radius 1 is 1.30 bits per heavy atom. The van der Waals surface area contributed by atoms with E-state index in [-0.39, 0.29) is 0 Å². The van der Waals surface area contributed by atoms with Crippen molar-refractivity contribution < 1.29 is 0 Å². The van der Waals surface area contributed by atoms with Crippen molar-refractivity contribution in [2.45, 2.75) is 32.7 Å². The van der Waals surface area contributed by atoms with Gasteiger partial charge in [-0.2, -0.15) is 0 Å². The van der Waals surface area contributed by atoms with Crippen molar-refractivity contribution in [1.29, 1.82) is 0 Å². The summed E-state index contributed by atoms with van der Waals surface area (Å²) in [6.45, 7) is 6.34. The molecular formula is C15H23N5. The lowest BCUT2D eigenvalue weighted by Crippen LogP contribution is -2.34. The second-order valence-corrected chi connectivity index (χ2v) is 5.63. The standard InChI is InChI=1S/C15H23N5/c1-2-19-8-5-12(6-9-19)10-14-17-18-15-13(11-16)4-3-7-20(14)15/h3-4,7,12H,2,5-6,8-11,16H2,1H3. The number of nitrogens with two attached hydrogens (primary N) is 1. The number of hydrogen-bond donors (Lipinski definition) is 1. The Kier molecular flexibility index (Phi) is 3.98. The molecule has 0 amide bonds. The highest BCUT2D eigenvalue weighted by Crippen LogP contribution is 2.21. The van der Waals surface area contributed by atoms with E-state index in [0.717, 1.165) is 29.4 Å². The maximum absolute atomic E-state index is 5.75. The van der Waals surface area contributed by atoms with Crippen LogP contribution in [-0.2, 0) is 13.0 Å². The number of piperidine rings is 1. The minimum Gasteiger partial charge on any atom is -0.326 e. The van der Waals surface area contributed by atoms with Crippen LogP contribution in [0.15, 0.2) is 18.3 Å². The van der Waals surface area contributed by atoms with Crippen LogP contribution >= 0.6 is 0 Å². The minimum atomic E-state index is 0.511. The minimum absolute atomic E-state index is 0.511. The van der Waals surface area contributed by atoms with E-state index in [0.29, 0.717) is 6.54 Å². The summed E-state index contributed by atoms with van der Waals surface area (Å²) in [6.07, 6.45) is 5.59. The summed E-state index contributed by atoms with van der Waals surface area (Å²) in [6, 6.07) is 4.05. The highest BCUT2D eigenvalue weighted by molar-refractivity contribution is 5.47. The number of rotatable bonds is 4. The Bertz CT molecular complexity index is 569. The molecule has 3 rings (SSSR count). The third-order valence-corrected chi connectivity index (χ3v) is 4.43. The third-order valence-electron chi connectivity index (χ3n) is 4.43. The average molecular weight is 273 g/mol. The Labute approximate surface area is 119 Å². The van der Waals surface area contributed by atoms with Crippen LogP contribution in [0, 0.1) is 5.92 Å². The van der Waals surface area contributed by atoms with E-state index in [2.05, 4.69) is 26.4 Å². The molecule has 0 aliphatic carbocycles. The number of fused-ring (bicyclic) bond motifs is 1. The van der Waals surface area contributed by atoms with Gasteiger partial charge in [-0.15, -0.1) is 10.2 Å². The quantitative estimate of drug-likeness (QED) is 0.916. The van der Waals surface area contributed by atoms with Gasteiger partial charge in [-0.05, 0) is 44.5 Å². The lowest BCUT2D eigenvalue weighted by Gasteiger charge is -2.30. The second kappa shape index (κ2) is 5.89. The highest BCUT2D eigenvalue weighted by atomic mass is 15.2. The largest absolute Gasteiger partial charge is 0.326 e. The summed E-state index contributed by atoms with van der Waals surface area (Å²) >= 11 is 0. The van der Waals surface area contributed by atoms with Crippen LogP contribution in [0.5, 0.6) is 0 Å². The first-order valence-electron chi connectivity index (χ1n) is 7.55. The summed E-state index contributed by atoms with van der Waals surface area (Å²) in [5.74, 6) is 1.80. The van der Waals surface area contributed by atoms with Gasteiger partial charge in [0.25, 0.3) is 0 Å². The highest BCUT2D eigenvalue weighted by Gasteiger charge is 2.20. The maximum Gasteiger partial charge on any atom is 0.165 e. The Hall–Kier alpha value is -1.46. The van der Waals surface area contributed by atoms with Crippen LogP contribution in [0.2, 0.25) is 0 Å². The SMILES string of the molecule is CCN1CCC(Cc2nnc3c(CN)cccn23)CC1. The predicted molar refractivity (Wildman–Crippen MR) is 79.4 cm³/mol. The summed E-state index contributed by atoms with van der Waals surface area (Å²) in [4.78, 5) is 2.52. The molecule has 3 heterocycles. The average Bonchev–Trinajstić information content (AvgIpc) is 2.91. The molecule has 0 spiro atoms. The molecule has 1 aliphatic heterocycles. The summed E-state index contributed by atoms with van der Waals surface area (Å²) in [5.41, 5.74) is 7.73. The molecule has 1 aliphatic rings. The van der Waals surface area contributed by atoms with Gasteiger partial charge in [-0.3, -0.25) is 4.40 Å². The Balaban J connectivity index is 1.75. The van der Waals surface area contributed by atoms with Crippen LogP contribution in [0.4, 0.5) is 0 Å². The molecule has 5 heteroatoms. The summed E-state index contributed by atoms with van der Waals surface area (Å²) in [5, 5.41) is 8.69. The van der Waals surface area contributed by atoms with Crippen molar-refractivity contribution in [1.82, 2.24) is 19.5 Å². The van der Waals surface area contributed by atoms with Crippen molar-refractivity contribution in [2.24, 2.45) is 11.7 Å². The molecule has 2 aromatic rings. The van der Waals surface area contributed by atoms with Gasteiger partial charge in [0.2, 0.25) is 0 Å². The number of pyridine rings is 1. The van der Waals surface area contributed by atoms with Crippen LogP contribution in [0.1, 0.15) is 31.2 Å². The van der Waals surface area contributed by atoms with Gasteiger partial charge < -0.3 is 10.6 Å². The van der Waals surface area contributed by atoms with Gasteiger partial charge in [0.15, 0.2) is 5.65 Å². The first-order valence-corrected chi connectivity index (χ1v) is 7.55. The third kappa shape index (κ3) is 2.55. The fourth-order valence-corrected chi connectivity index (χ4v) is 3.08. The van der Waals surface area contributed by atoms with Gasteiger partial charge in [0.05, 0.1) is 0 Å². The molecule has 0 unspecified atom stereocenters. The van der Waals surface area contributed by atoms with E-state index in [1.807, 2.05) is 18.3 Å². The first-order chi connectivity index (χ1) is 9.81. The van der Waals surface area contributed by atoms with Crippen molar-refractivity contribution in [3.05, 3.63) is 29.7 Å². The molecule has 5 nitrogen and oxygen atoms in total. The number of hydrogen-bond acceptors (Lipinski definition) is 4. The zero-order valence-corrected chi connectivity index (χ0v) is 12.1. The fourth-order valence-electron chi connectivity index (χ4n) is 3.08. The molecular weight excluding hydrogens is 250 g/mol. The monoisotopic (exact) mass is 273 g/mol. The van der Waals surface area contributed by atoms with Gasteiger partial charge in [-0.1, -0.05) is 13.0 Å². The van der Waals surface area contributed by atoms with E-state index in [1.54, 1.807) is 0 Å². The molecule has 0 radical (unpaired) electrons. The molecule has 0 saturated carbocycles. The van der Waals surface area contributed by atoms with E-state index in [9.17, 15) is 0 Å². The first kappa shape index (κ1) is 13.5. The zero-order valence-electron chi connectivity index (χ0n) is 12.1. The van der Waals surface area contributed by atoms with Crippen LogP contribution in [0.3, 0.4) is 0 Å². The molecule has 2 N–H and O–H groups in total. The molecule has 0 atom stereocenters. The number of likely N-dealkylation sites (tertiary alicyclic amines) is 1. The van der Waals surface area contributed by atoms with E-state index in [1.165, 1.54) is 32.5 Å². The number of aromatic nitrogens is 3. The molecule has 108 valence electrons. The maximum atomic E-state index is 5.75. The molecule has 20 heavy (non-hydrogen) atoms. The molecule has 0 aromatic carbocycles. The van der Waals surface area contributed by atoms with E-state index < -0.39 is 0 Å². The van der Waals surface area contributed by atoms with E-state index >= 15 is 0 Å². The van der Waals surface area contributed by atoms with Crippen LogP contribution < -0.4 is 5.73 Å². The van der Waals surface area contributed by atoms with Gasteiger partial charge >= 0.3 is 0 Å². The zero-order chi connectivity index (χ0) is 13.9. The van der Waals surface area contributed by atoms with Crippen molar-refractivity contribution in [3.63, 3.8) is 0 Å².